The van der Waals surface area contributed by atoms with Gasteiger partial charge in [0.25, 0.3) is 0 Å². The van der Waals surface area contributed by atoms with Gasteiger partial charge in [0.2, 0.25) is 0 Å². The number of ether oxygens (including phenoxy) is 1. The van der Waals surface area contributed by atoms with Crippen LogP contribution in [-0.2, 0) is 10.5 Å². The van der Waals surface area contributed by atoms with Gasteiger partial charge >= 0.3 is 5.97 Å². The molecule has 110 valence electrons. The number of hydrogen-bond acceptors (Lipinski definition) is 4. The summed E-state index contributed by atoms with van der Waals surface area (Å²) in [6.45, 7) is 0. The highest BCUT2D eigenvalue weighted by Crippen LogP contribution is 2.30. The molecule has 0 amide bonds. The van der Waals surface area contributed by atoms with E-state index in [1.807, 2.05) is 18.2 Å². The van der Waals surface area contributed by atoms with Crippen LogP contribution < -0.4 is 5.73 Å². The molecule has 0 unspecified atom stereocenters. The minimum atomic E-state index is -0.677. The normalized spacial score (nSPS) is 10.4. The summed E-state index contributed by atoms with van der Waals surface area (Å²) >= 11 is 4.86. The standard InChI is InChI=1S/C15H13BrFNO2S/c1-20-15(19)11-4-2-9(6-12(11)17)8-21-14-5-3-10(16)7-13(14)18/h2-7H,8,18H2,1H3. The molecule has 0 bridgehead atoms. The van der Waals surface area contributed by atoms with Gasteiger partial charge in [-0.05, 0) is 35.9 Å². The van der Waals surface area contributed by atoms with Crippen molar-refractivity contribution in [3.05, 3.63) is 57.8 Å². The molecule has 0 aromatic heterocycles. The van der Waals surface area contributed by atoms with Gasteiger partial charge < -0.3 is 10.5 Å². The maximum Gasteiger partial charge on any atom is 0.340 e. The van der Waals surface area contributed by atoms with Gasteiger partial charge in [-0.2, -0.15) is 0 Å². The van der Waals surface area contributed by atoms with E-state index in [4.69, 9.17) is 5.73 Å². The van der Waals surface area contributed by atoms with E-state index in [0.717, 1.165) is 14.9 Å². The maximum atomic E-state index is 13.8. The van der Waals surface area contributed by atoms with Gasteiger partial charge in [-0.1, -0.05) is 22.0 Å². The highest BCUT2D eigenvalue weighted by Gasteiger charge is 2.12. The van der Waals surface area contributed by atoms with Crippen molar-refractivity contribution < 1.29 is 13.9 Å². The van der Waals surface area contributed by atoms with E-state index >= 15 is 0 Å². The number of benzene rings is 2. The Balaban J connectivity index is 2.10. The molecular weight excluding hydrogens is 357 g/mol. The molecule has 0 radical (unpaired) electrons. The lowest BCUT2D eigenvalue weighted by molar-refractivity contribution is 0.0595. The zero-order chi connectivity index (χ0) is 15.4. The third-order valence-corrected chi connectivity index (χ3v) is 4.46. The lowest BCUT2D eigenvalue weighted by Gasteiger charge is -2.07. The first-order chi connectivity index (χ1) is 10.0. The summed E-state index contributed by atoms with van der Waals surface area (Å²) < 4.78 is 19.2. The minimum Gasteiger partial charge on any atom is -0.465 e. The van der Waals surface area contributed by atoms with Crippen molar-refractivity contribution in [3.8, 4) is 0 Å². The van der Waals surface area contributed by atoms with Crippen molar-refractivity contribution in [2.75, 3.05) is 12.8 Å². The lowest BCUT2D eigenvalue weighted by Crippen LogP contribution is -2.04. The second-order valence-corrected chi connectivity index (χ2v) is 6.21. The fourth-order valence-electron chi connectivity index (χ4n) is 1.74. The Morgan fingerprint density at radius 2 is 2.10 bits per heavy atom. The number of carbonyl (C=O) groups excluding carboxylic acids is 1. The molecule has 0 saturated heterocycles. The van der Waals surface area contributed by atoms with Crippen molar-refractivity contribution in [3.63, 3.8) is 0 Å². The molecule has 0 heterocycles. The number of halogens is 2. The Kier molecular flexibility index (Phi) is 5.25. The SMILES string of the molecule is COC(=O)c1ccc(CSc2ccc(Br)cc2N)cc1F. The van der Waals surface area contributed by atoms with Crippen LogP contribution in [-0.4, -0.2) is 13.1 Å². The molecule has 0 aliphatic rings. The second kappa shape index (κ2) is 6.95. The van der Waals surface area contributed by atoms with E-state index in [-0.39, 0.29) is 5.56 Å². The van der Waals surface area contributed by atoms with Crippen LogP contribution in [0.2, 0.25) is 0 Å². The largest absolute Gasteiger partial charge is 0.465 e. The van der Waals surface area contributed by atoms with Crippen molar-refractivity contribution >= 4 is 39.3 Å². The molecule has 2 aromatic carbocycles. The van der Waals surface area contributed by atoms with E-state index < -0.39 is 11.8 Å². The van der Waals surface area contributed by atoms with Crippen LogP contribution >= 0.6 is 27.7 Å². The smallest absolute Gasteiger partial charge is 0.340 e. The molecule has 0 fully saturated rings. The van der Waals surface area contributed by atoms with Gasteiger partial charge in [0.15, 0.2) is 0 Å². The number of nitrogens with two attached hydrogens (primary N) is 1. The molecule has 0 atom stereocenters. The Labute approximate surface area is 134 Å². The van der Waals surface area contributed by atoms with Crippen LogP contribution in [0.4, 0.5) is 10.1 Å². The molecule has 21 heavy (non-hydrogen) atoms. The minimum absolute atomic E-state index is 0.0607. The fourth-order valence-corrected chi connectivity index (χ4v) is 3.01. The lowest BCUT2D eigenvalue weighted by atomic mass is 10.1. The fraction of sp³-hybridized carbons (Fsp3) is 0.133. The van der Waals surface area contributed by atoms with E-state index in [2.05, 4.69) is 20.7 Å². The van der Waals surface area contributed by atoms with Gasteiger partial charge in [-0.25, -0.2) is 9.18 Å². The van der Waals surface area contributed by atoms with Crippen molar-refractivity contribution in [2.45, 2.75) is 10.6 Å². The molecule has 0 aliphatic heterocycles. The van der Waals surface area contributed by atoms with Crippen LogP contribution in [0.15, 0.2) is 45.8 Å². The van der Waals surface area contributed by atoms with E-state index in [1.165, 1.54) is 31.0 Å². The average Bonchev–Trinajstić information content (AvgIpc) is 2.45. The first kappa shape index (κ1) is 15.9. The van der Waals surface area contributed by atoms with Crippen molar-refractivity contribution in [1.82, 2.24) is 0 Å². The van der Waals surface area contributed by atoms with Gasteiger partial charge in [-0.3, -0.25) is 0 Å². The quantitative estimate of drug-likeness (QED) is 0.497. The van der Waals surface area contributed by atoms with Crippen LogP contribution in [0.5, 0.6) is 0 Å². The third kappa shape index (κ3) is 3.98. The molecule has 2 N–H and O–H groups in total. The number of hydrogen-bond donors (Lipinski definition) is 1. The topological polar surface area (TPSA) is 52.3 Å². The van der Waals surface area contributed by atoms with Crippen molar-refractivity contribution in [2.24, 2.45) is 0 Å². The molecule has 2 aromatic rings. The number of esters is 1. The predicted octanol–water partition coefficient (Wildman–Crippen LogP) is 4.25. The van der Waals surface area contributed by atoms with Gasteiger partial charge in [-0.15, -0.1) is 11.8 Å². The maximum absolute atomic E-state index is 13.8. The molecule has 3 nitrogen and oxygen atoms in total. The molecule has 2 rings (SSSR count). The number of anilines is 1. The van der Waals surface area contributed by atoms with E-state index in [9.17, 15) is 9.18 Å². The monoisotopic (exact) mass is 369 g/mol. The molecular formula is C15H13BrFNO2S. The average molecular weight is 370 g/mol. The van der Waals surface area contributed by atoms with Crippen molar-refractivity contribution in [1.29, 1.82) is 0 Å². The first-order valence-corrected chi connectivity index (χ1v) is 7.83. The Hall–Kier alpha value is -1.53. The van der Waals surface area contributed by atoms with Crippen LogP contribution in [0.25, 0.3) is 0 Å². The third-order valence-electron chi connectivity index (χ3n) is 2.80. The highest BCUT2D eigenvalue weighted by atomic mass is 79.9. The van der Waals surface area contributed by atoms with Crippen LogP contribution in [0, 0.1) is 5.82 Å². The number of methoxy groups -OCH3 is 1. The number of thioether (sulfide) groups is 1. The Morgan fingerprint density at radius 3 is 2.71 bits per heavy atom. The van der Waals surface area contributed by atoms with E-state index in [1.54, 1.807) is 6.07 Å². The molecule has 0 saturated carbocycles. The van der Waals surface area contributed by atoms with Crippen LogP contribution in [0.3, 0.4) is 0 Å². The summed E-state index contributed by atoms with van der Waals surface area (Å²) in [5.41, 5.74) is 7.29. The summed E-state index contributed by atoms with van der Waals surface area (Å²) in [6.07, 6.45) is 0. The van der Waals surface area contributed by atoms with Gasteiger partial charge in [0, 0.05) is 20.8 Å². The van der Waals surface area contributed by atoms with Gasteiger partial charge in [0.1, 0.15) is 5.82 Å². The Bertz CT molecular complexity index is 679. The first-order valence-electron chi connectivity index (χ1n) is 6.06. The zero-order valence-electron chi connectivity index (χ0n) is 11.2. The predicted molar refractivity (Wildman–Crippen MR) is 85.9 cm³/mol. The molecule has 0 aliphatic carbocycles. The summed E-state index contributed by atoms with van der Waals surface area (Å²) in [7, 11) is 1.22. The second-order valence-electron chi connectivity index (χ2n) is 4.28. The zero-order valence-corrected chi connectivity index (χ0v) is 13.6. The highest BCUT2D eigenvalue weighted by molar-refractivity contribution is 9.10. The number of carbonyl (C=O) groups is 1. The number of rotatable bonds is 4. The van der Waals surface area contributed by atoms with Gasteiger partial charge in [0.05, 0.1) is 12.7 Å². The summed E-state index contributed by atoms with van der Waals surface area (Å²) in [6, 6.07) is 10.1. The van der Waals surface area contributed by atoms with Crippen LogP contribution in [0.1, 0.15) is 15.9 Å². The molecule has 0 spiro atoms. The number of nitrogen functional groups attached to an aromatic ring is 1. The Morgan fingerprint density at radius 1 is 1.33 bits per heavy atom. The van der Waals surface area contributed by atoms with E-state index in [0.29, 0.717) is 11.4 Å². The summed E-state index contributed by atoms with van der Waals surface area (Å²) in [5.74, 6) is -0.697. The summed E-state index contributed by atoms with van der Waals surface area (Å²) in [5, 5.41) is 0. The summed E-state index contributed by atoms with van der Waals surface area (Å²) in [4.78, 5) is 12.2. The molecule has 6 heteroatoms.